The Labute approximate surface area is 199 Å². The van der Waals surface area contributed by atoms with E-state index in [1.807, 2.05) is 43.3 Å². The molecule has 0 saturated carbocycles. The molecule has 2 atom stereocenters. The van der Waals surface area contributed by atoms with Crippen molar-refractivity contribution in [2.75, 3.05) is 19.5 Å². The minimum atomic E-state index is -4.71. The van der Waals surface area contributed by atoms with E-state index in [2.05, 4.69) is 15.4 Å². The Morgan fingerprint density at radius 1 is 1.00 bits per heavy atom. The highest BCUT2D eigenvalue weighted by Crippen LogP contribution is 2.45. The molecule has 0 unspecified atom stereocenters. The summed E-state index contributed by atoms with van der Waals surface area (Å²) in [5, 5.41) is 6.72. The fourth-order valence-corrected chi connectivity index (χ4v) is 4.73. The highest BCUT2D eigenvalue weighted by Gasteiger charge is 2.43. The summed E-state index contributed by atoms with van der Waals surface area (Å²) in [6.45, 7) is 1.92. The van der Waals surface area contributed by atoms with Crippen molar-refractivity contribution < 1.29 is 27.4 Å². The van der Waals surface area contributed by atoms with Gasteiger partial charge in [0.2, 0.25) is 5.95 Å². The quantitative estimate of drug-likeness (QED) is 0.559. The molecule has 35 heavy (non-hydrogen) atoms. The minimum absolute atomic E-state index is 0.0394. The number of fused-ring (bicyclic) bond motifs is 1. The van der Waals surface area contributed by atoms with Gasteiger partial charge in [0.05, 0.1) is 14.2 Å². The monoisotopic (exact) mass is 484 g/mol. The molecule has 1 aliphatic carbocycles. The van der Waals surface area contributed by atoms with Crippen LogP contribution in [0.5, 0.6) is 11.5 Å². The molecule has 2 heterocycles. The van der Waals surface area contributed by atoms with Crippen molar-refractivity contribution in [3.05, 3.63) is 76.2 Å². The molecule has 2 aliphatic rings. The lowest BCUT2D eigenvalue weighted by molar-refractivity contribution is -0.145. The van der Waals surface area contributed by atoms with Gasteiger partial charge in [-0.2, -0.15) is 18.2 Å². The molecule has 0 amide bonds. The first kappa shape index (κ1) is 22.9. The van der Waals surface area contributed by atoms with E-state index in [0.29, 0.717) is 34.8 Å². The number of nitrogens with one attached hydrogen (secondary N) is 1. The fraction of sp³-hybridized carbons (Fsp3) is 0.320. The van der Waals surface area contributed by atoms with Gasteiger partial charge in [-0.3, -0.25) is 4.79 Å². The van der Waals surface area contributed by atoms with Crippen LogP contribution in [0.1, 0.15) is 47.3 Å². The Balaban J connectivity index is 1.59. The lowest BCUT2D eigenvalue weighted by Crippen LogP contribution is -2.33. The number of hydrogen-bond donors (Lipinski definition) is 1. The molecule has 10 heteroatoms. The van der Waals surface area contributed by atoms with E-state index >= 15 is 0 Å². The van der Waals surface area contributed by atoms with Crippen molar-refractivity contribution in [1.29, 1.82) is 0 Å². The molecular formula is C25H23F3N4O3. The maximum atomic E-state index is 13.5. The van der Waals surface area contributed by atoms with Crippen LogP contribution in [0, 0.1) is 6.92 Å². The van der Waals surface area contributed by atoms with E-state index in [9.17, 15) is 18.0 Å². The largest absolute Gasteiger partial charge is 0.493 e. The van der Waals surface area contributed by atoms with E-state index in [1.165, 1.54) is 11.8 Å². The van der Waals surface area contributed by atoms with Gasteiger partial charge in [-0.25, -0.2) is 4.68 Å². The van der Waals surface area contributed by atoms with Crippen LogP contribution in [-0.2, 0) is 11.0 Å². The molecule has 0 spiro atoms. The van der Waals surface area contributed by atoms with E-state index in [0.717, 1.165) is 11.1 Å². The van der Waals surface area contributed by atoms with Gasteiger partial charge >= 0.3 is 6.18 Å². The normalized spacial score (nSPS) is 19.7. The predicted octanol–water partition coefficient (Wildman–Crippen LogP) is 5.04. The van der Waals surface area contributed by atoms with Gasteiger partial charge in [0, 0.05) is 17.7 Å². The third kappa shape index (κ3) is 4.02. The first-order chi connectivity index (χ1) is 16.7. The Morgan fingerprint density at radius 3 is 2.34 bits per heavy atom. The Bertz CT molecular complexity index is 1330. The van der Waals surface area contributed by atoms with E-state index in [4.69, 9.17) is 9.47 Å². The summed E-state index contributed by atoms with van der Waals surface area (Å²) < 4.78 is 52.2. The average Bonchev–Trinajstić information content (AvgIpc) is 3.27. The van der Waals surface area contributed by atoms with Gasteiger partial charge < -0.3 is 14.8 Å². The summed E-state index contributed by atoms with van der Waals surface area (Å²) in [4.78, 5) is 17.2. The Morgan fingerprint density at radius 2 is 1.69 bits per heavy atom. The van der Waals surface area contributed by atoms with Crippen LogP contribution in [0.3, 0.4) is 0 Å². The molecule has 3 aromatic rings. The van der Waals surface area contributed by atoms with Crippen LogP contribution in [0.2, 0.25) is 0 Å². The topological polar surface area (TPSA) is 78.3 Å². The lowest BCUT2D eigenvalue weighted by Gasteiger charge is -2.35. The van der Waals surface area contributed by atoms with Gasteiger partial charge in [-0.05, 0) is 42.5 Å². The second-order valence-electron chi connectivity index (χ2n) is 8.67. The zero-order valence-electron chi connectivity index (χ0n) is 19.3. The average molecular weight is 484 g/mol. The number of allylic oxidation sites excluding steroid dienone is 2. The predicted molar refractivity (Wildman–Crippen MR) is 122 cm³/mol. The zero-order valence-corrected chi connectivity index (χ0v) is 19.3. The number of anilines is 1. The molecule has 0 radical (unpaired) electrons. The standard InChI is InChI=1S/C25H23F3N4O3/c1-13-4-6-14(7-5-13)22-21-17(29-24-30-23(25(26,27)28)31-32(22)24)10-16(11-18(21)33)15-8-9-19(34-2)20(12-15)35-3/h4-9,12,16,22H,10-11H2,1-3H3,(H,29,30,31)/t16-,22+/m0/s1. The van der Waals surface area contributed by atoms with Crippen LogP contribution in [0.4, 0.5) is 19.1 Å². The molecule has 1 aromatic heterocycles. The first-order valence-electron chi connectivity index (χ1n) is 11.0. The number of hydrogen-bond acceptors (Lipinski definition) is 6. The fourth-order valence-electron chi connectivity index (χ4n) is 4.73. The molecule has 7 nitrogen and oxygen atoms in total. The number of ether oxygens (including phenoxy) is 2. The molecule has 0 saturated heterocycles. The van der Waals surface area contributed by atoms with Crippen molar-refractivity contribution in [2.45, 2.75) is 37.9 Å². The van der Waals surface area contributed by atoms with Crippen LogP contribution in [-0.4, -0.2) is 34.8 Å². The van der Waals surface area contributed by atoms with Gasteiger partial charge in [-0.15, -0.1) is 5.10 Å². The smallest absolute Gasteiger partial charge is 0.453 e. The van der Waals surface area contributed by atoms with Crippen molar-refractivity contribution in [3.8, 4) is 11.5 Å². The number of methoxy groups -OCH3 is 2. The number of Topliss-reactive ketones (excluding diaryl/α,β-unsaturated/α-hetero) is 1. The summed E-state index contributed by atoms with van der Waals surface area (Å²) >= 11 is 0. The summed E-state index contributed by atoms with van der Waals surface area (Å²) in [6, 6.07) is 12.0. The highest BCUT2D eigenvalue weighted by molar-refractivity contribution is 6.00. The van der Waals surface area contributed by atoms with Crippen molar-refractivity contribution in [3.63, 3.8) is 0 Å². The van der Waals surface area contributed by atoms with E-state index in [-0.39, 0.29) is 24.1 Å². The SMILES string of the molecule is COc1ccc([C@@H]2CC(=O)C3=C(C2)Nc2nc(C(F)(F)F)nn2[C@@H]3c2ccc(C)cc2)cc1OC. The minimum Gasteiger partial charge on any atom is -0.493 e. The molecular weight excluding hydrogens is 461 g/mol. The molecule has 1 N–H and O–H groups in total. The van der Waals surface area contributed by atoms with Gasteiger partial charge in [0.1, 0.15) is 6.04 Å². The number of carbonyl (C=O) groups excluding carboxylic acids is 1. The molecule has 0 bridgehead atoms. The van der Waals surface area contributed by atoms with Crippen molar-refractivity contribution in [2.24, 2.45) is 0 Å². The number of aromatic nitrogens is 3. The van der Waals surface area contributed by atoms with Gasteiger partial charge in [0.15, 0.2) is 17.3 Å². The van der Waals surface area contributed by atoms with Crippen molar-refractivity contribution in [1.82, 2.24) is 14.8 Å². The molecule has 1 aliphatic heterocycles. The number of ketones is 1. The maximum absolute atomic E-state index is 13.5. The second-order valence-corrected chi connectivity index (χ2v) is 8.67. The summed E-state index contributed by atoms with van der Waals surface area (Å²) in [6.07, 6.45) is -4.09. The Hall–Kier alpha value is -3.82. The number of halogens is 3. The zero-order chi connectivity index (χ0) is 24.9. The van der Waals surface area contributed by atoms with Crippen molar-refractivity contribution >= 4 is 11.7 Å². The highest BCUT2D eigenvalue weighted by atomic mass is 19.4. The Kier molecular flexibility index (Phi) is 5.53. The third-order valence-corrected chi connectivity index (χ3v) is 6.45. The van der Waals surface area contributed by atoms with Gasteiger partial charge in [-0.1, -0.05) is 35.9 Å². The van der Waals surface area contributed by atoms with E-state index < -0.39 is 18.0 Å². The molecule has 2 aromatic carbocycles. The molecule has 0 fully saturated rings. The van der Waals surface area contributed by atoms with Crippen LogP contribution in [0.25, 0.3) is 0 Å². The van der Waals surface area contributed by atoms with E-state index in [1.54, 1.807) is 13.2 Å². The summed E-state index contributed by atoms with van der Waals surface area (Å²) in [5.74, 6) is -0.520. The number of nitrogens with zero attached hydrogens (tertiary/aromatic N) is 3. The molecule has 182 valence electrons. The van der Waals surface area contributed by atoms with Crippen LogP contribution < -0.4 is 14.8 Å². The maximum Gasteiger partial charge on any atom is 0.453 e. The van der Waals surface area contributed by atoms with Gasteiger partial charge in [0.25, 0.3) is 5.82 Å². The summed E-state index contributed by atoms with van der Waals surface area (Å²) in [5.41, 5.74) is 3.51. The molecule has 5 rings (SSSR count). The number of rotatable bonds is 4. The third-order valence-electron chi connectivity index (χ3n) is 6.45. The number of aryl methyl sites for hydroxylation is 1. The van der Waals surface area contributed by atoms with Crippen LogP contribution in [0.15, 0.2) is 53.7 Å². The number of alkyl halides is 3. The lowest BCUT2D eigenvalue weighted by atomic mass is 9.78. The summed E-state index contributed by atoms with van der Waals surface area (Å²) in [7, 11) is 3.08. The van der Waals surface area contributed by atoms with Crippen LogP contribution >= 0.6 is 0 Å². The number of carbonyl (C=O) groups is 1. The first-order valence-corrected chi connectivity index (χ1v) is 11.0. The number of benzene rings is 2. The second kappa shape index (κ2) is 8.44.